The van der Waals surface area contributed by atoms with Gasteiger partial charge in [-0.1, -0.05) is 15.9 Å². The summed E-state index contributed by atoms with van der Waals surface area (Å²) in [6.45, 7) is 0. The topological polar surface area (TPSA) is 55.9 Å². The number of aromatic amines is 1. The average Bonchev–Trinajstić information content (AvgIpc) is 2.46. The van der Waals surface area contributed by atoms with Crippen molar-refractivity contribution in [2.75, 3.05) is 0 Å². The highest BCUT2D eigenvalue weighted by atomic mass is 79.9. The van der Waals surface area contributed by atoms with Gasteiger partial charge in [0, 0.05) is 27.1 Å². The number of carbonyl (C=O) groups is 1. The normalized spacial score (nSPS) is 10.5. The SMILES string of the molecule is O=C([O-])c1c[nH]c2ccc(Br)cc12. The lowest BCUT2D eigenvalue weighted by Crippen LogP contribution is -2.21. The van der Waals surface area contributed by atoms with E-state index in [0.29, 0.717) is 5.39 Å². The van der Waals surface area contributed by atoms with Crippen LogP contribution >= 0.6 is 15.9 Å². The summed E-state index contributed by atoms with van der Waals surface area (Å²) in [5, 5.41) is 11.3. The van der Waals surface area contributed by atoms with Crippen molar-refractivity contribution < 1.29 is 9.90 Å². The van der Waals surface area contributed by atoms with E-state index in [1.54, 1.807) is 6.07 Å². The maximum absolute atomic E-state index is 10.6. The van der Waals surface area contributed by atoms with E-state index < -0.39 is 5.97 Å². The summed E-state index contributed by atoms with van der Waals surface area (Å²) in [5.74, 6) is -1.16. The summed E-state index contributed by atoms with van der Waals surface area (Å²) < 4.78 is 0.849. The number of hydrogen-bond donors (Lipinski definition) is 1. The molecular formula is C9H5BrNO2-. The second kappa shape index (κ2) is 2.88. The minimum atomic E-state index is -1.16. The highest BCUT2D eigenvalue weighted by Crippen LogP contribution is 2.21. The number of halogens is 1. The van der Waals surface area contributed by atoms with Crippen LogP contribution in [0.15, 0.2) is 28.9 Å². The first-order valence-electron chi connectivity index (χ1n) is 3.66. The highest BCUT2D eigenvalue weighted by molar-refractivity contribution is 9.10. The van der Waals surface area contributed by atoms with E-state index in [4.69, 9.17) is 0 Å². The fraction of sp³-hybridized carbons (Fsp3) is 0. The molecule has 0 saturated carbocycles. The Balaban J connectivity index is 2.79. The van der Waals surface area contributed by atoms with E-state index in [2.05, 4.69) is 20.9 Å². The van der Waals surface area contributed by atoms with Crippen LogP contribution in [0, 0.1) is 0 Å². The molecule has 0 aliphatic rings. The third-order valence-corrected chi connectivity index (χ3v) is 2.36. The zero-order valence-corrected chi connectivity index (χ0v) is 8.09. The molecule has 1 aromatic heterocycles. The van der Waals surface area contributed by atoms with Gasteiger partial charge in [0.25, 0.3) is 0 Å². The molecule has 4 heteroatoms. The molecule has 0 spiro atoms. The molecule has 1 heterocycles. The fourth-order valence-electron chi connectivity index (χ4n) is 1.26. The van der Waals surface area contributed by atoms with Gasteiger partial charge in [-0.3, -0.25) is 0 Å². The first-order valence-corrected chi connectivity index (χ1v) is 4.46. The minimum Gasteiger partial charge on any atom is -0.545 e. The summed E-state index contributed by atoms with van der Waals surface area (Å²) in [6, 6.07) is 5.40. The van der Waals surface area contributed by atoms with Gasteiger partial charge in [0.05, 0.1) is 5.97 Å². The van der Waals surface area contributed by atoms with Crippen molar-refractivity contribution >= 4 is 32.8 Å². The van der Waals surface area contributed by atoms with Crippen LogP contribution in [-0.4, -0.2) is 11.0 Å². The average molecular weight is 239 g/mol. The molecule has 3 nitrogen and oxygen atoms in total. The van der Waals surface area contributed by atoms with Crippen molar-refractivity contribution in [1.29, 1.82) is 0 Å². The van der Waals surface area contributed by atoms with Crippen LogP contribution in [0.5, 0.6) is 0 Å². The van der Waals surface area contributed by atoms with Crippen molar-refractivity contribution in [3.05, 3.63) is 34.4 Å². The molecule has 13 heavy (non-hydrogen) atoms. The number of carbonyl (C=O) groups excluding carboxylic acids is 1. The fourth-order valence-corrected chi connectivity index (χ4v) is 1.62. The second-order valence-corrected chi connectivity index (χ2v) is 3.60. The van der Waals surface area contributed by atoms with E-state index in [-0.39, 0.29) is 5.56 Å². The zero-order chi connectivity index (χ0) is 9.42. The van der Waals surface area contributed by atoms with E-state index in [9.17, 15) is 9.90 Å². The van der Waals surface area contributed by atoms with Gasteiger partial charge < -0.3 is 14.9 Å². The Morgan fingerprint density at radius 3 is 2.92 bits per heavy atom. The molecule has 66 valence electrons. The predicted molar refractivity (Wildman–Crippen MR) is 50.3 cm³/mol. The number of fused-ring (bicyclic) bond motifs is 1. The van der Waals surface area contributed by atoms with E-state index >= 15 is 0 Å². The van der Waals surface area contributed by atoms with E-state index in [0.717, 1.165) is 9.99 Å². The highest BCUT2D eigenvalue weighted by Gasteiger charge is 2.03. The Morgan fingerprint density at radius 2 is 2.23 bits per heavy atom. The van der Waals surface area contributed by atoms with Crippen molar-refractivity contribution in [1.82, 2.24) is 4.98 Å². The number of benzene rings is 1. The number of hydrogen-bond acceptors (Lipinski definition) is 2. The Labute approximate surface area is 82.5 Å². The van der Waals surface area contributed by atoms with Crippen LogP contribution in [0.3, 0.4) is 0 Å². The summed E-state index contributed by atoms with van der Waals surface area (Å²) in [6.07, 6.45) is 1.44. The molecule has 0 unspecified atom stereocenters. The summed E-state index contributed by atoms with van der Waals surface area (Å²) in [4.78, 5) is 13.5. The van der Waals surface area contributed by atoms with Gasteiger partial charge in [0.15, 0.2) is 0 Å². The van der Waals surface area contributed by atoms with Gasteiger partial charge in [-0.25, -0.2) is 0 Å². The monoisotopic (exact) mass is 238 g/mol. The van der Waals surface area contributed by atoms with E-state index in [1.165, 1.54) is 6.20 Å². The molecule has 0 radical (unpaired) electrons. The van der Waals surface area contributed by atoms with Crippen LogP contribution in [0.2, 0.25) is 0 Å². The Kier molecular flexibility index (Phi) is 1.84. The Bertz CT molecular complexity index is 475. The summed E-state index contributed by atoms with van der Waals surface area (Å²) >= 11 is 3.27. The molecule has 2 rings (SSSR count). The number of nitrogens with one attached hydrogen (secondary N) is 1. The molecule has 1 aromatic carbocycles. The van der Waals surface area contributed by atoms with Crippen molar-refractivity contribution in [3.8, 4) is 0 Å². The lowest BCUT2D eigenvalue weighted by Gasteiger charge is -1.98. The number of aromatic nitrogens is 1. The number of H-pyrrole nitrogens is 1. The molecule has 0 bridgehead atoms. The minimum absolute atomic E-state index is 0.191. The smallest absolute Gasteiger partial charge is 0.0736 e. The maximum Gasteiger partial charge on any atom is 0.0736 e. The third-order valence-electron chi connectivity index (χ3n) is 1.86. The van der Waals surface area contributed by atoms with Gasteiger partial charge >= 0.3 is 0 Å². The lowest BCUT2D eigenvalue weighted by atomic mass is 10.2. The maximum atomic E-state index is 10.6. The van der Waals surface area contributed by atoms with Crippen LogP contribution in [-0.2, 0) is 0 Å². The van der Waals surface area contributed by atoms with Gasteiger partial charge in [0.1, 0.15) is 0 Å². The number of aromatic carboxylic acids is 1. The first kappa shape index (κ1) is 8.31. The zero-order valence-electron chi connectivity index (χ0n) is 6.50. The Morgan fingerprint density at radius 1 is 1.46 bits per heavy atom. The second-order valence-electron chi connectivity index (χ2n) is 2.68. The van der Waals surface area contributed by atoms with Crippen LogP contribution < -0.4 is 5.11 Å². The number of carboxylic acids is 1. The Hall–Kier alpha value is -1.29. The largest absolute Gasteiger partial charge is 0.545 e. The standard InChI is InChI=1S/C9H6BrNO2/c10-5-1-2-8-6(3-5)7(4-11-8)9(12)13/h1-4,11H,(H,12,13)/p-1. The van der Waals surface area contributed by atoms with Crippen LogP contribution in [0.4, 0.5) is 0 Å². The molecule has 0 aliphatic carbocycles. The molecule has 1 N–H and O–H groups in total. The third kappa shape index (κ3) is 1.33. The molecule has 0 aliphatic heterocycles. The lowest BCUT2D eigenvalue weighted by molar-refractivity contribution is -0.254. The quantitative estimate of drug-likeness (QED) is 0.815. The summed E-state index contributed by atoms with van der Waals surface area (Å²) in [7, 11) is 0. The number of rotatable bonds is 1. The van der Waals surface area contributed by atoms with Crippen molar-refractivity contribution in [3.63, 3.8) is 0 Å². The molecule has 0 fully saturated rings. The van der Waals surface area contributed by atoms with Gasteiger partial charge in [-0.2, -0.15) is 0 Å². The molecule has 0 saturated heterocycles. The van der Waals surface area contributed by atoms with Gasteiger partial charge in [-0.15, -0.1) is 0 Å². The van der Waals surface area contributed by atoms with Gasteiger partial charge in [-0.05, 0) is 18.2 Å². The first-order chi connectivity index (χ1) is 6.18. The molecule has 2 aromatic rings. The van der Waals surface area contributed by atoms with E-state index in [1.807, 2.05) is 12.1 Å². The van der Waals surface area contributed by atoms with Crippen LogP contribution in [0.1, 0.15) is 10.4 Å². The predicted octanol–water partition coefficient (Wildman–Crippen LogP) is 1.29. The summed E-state index contributed by atoms with van der Waals surface area (Å²) in [5.41, 5.74) is 0.985. The van der Waals surface area contributed by atoms with Crippen molar-refractivity contribution in [2.24, 2.45) is 0 Å². The molecule has 0 amide bonds. The molecular weight excluding hydrogens is 234 g/mol. The number of carboxylic acid groups (broad SMARTS) is 1. The van der Waals surface area contributed by atoms with Gasteiger partial charge in [0.2, 0.25) is 0 Å². The molecule has 0 atom stereocenters. The van der Waals surface area contributed by atoms with Crippen molar-refractivity contribution in [2.45, 2.75) is 0 Å². The van der Waals surface area contributed by atoms with Crippen LogP contribution in [0.25, 0.3) is 10.9 Å².